The topological polar surface area (TPSA) is 71.5 Å². The number of aliphatic hydroxyl groups is 1. The Balaban J connectivity index is 1.52. The van der Waals surface area contributed by atoms with Crippen LogP contribution in [-0.4, -0.2) is 35.3 Å². The SMILES string of the molecule is O=C(NCC(CO)Cc1ccccn1)C1Cc2cc(F)ccc2O1. The Morgan fingerprint density at radius 3 is 3.04 bits per heavy atom. The van der Waals surface area contributed by atoms with Crippen LogP contribution in [0.2, 0.25) is 0 Å². The van der Waals surface area contributed by atoms with E-state index >= 15 is 0 Å². The van der Waals surface area contributed by atoms with E-state index in [0.717, 1.165) is 5.69 Å². The molecule has 0 saturated heterocycles. The number of benzene rings is 1. The monoisotopic (exact) mass is 330 g/mol. The quantitative estimate of drug-likeness (QED) is 0.842. The number of nitrogens with one attached hydrogen (secondary N) is 1. The van der Waals surface area contributed by atoms with Crippen molar-refractivity contribution in [2.45, 2.75) is 18.9 Å². The van der Waals surface area contributed by atoms with Crippen LogP contribution in [0.25, 0.3) is 0 Å². The third-order valence-corrected chi connectivity index (χ3v) is 4.04. The summed E-state index contributed by atoms with van der Waals surface area (Å²) in [7, 11) is 0. The van der Waals surface area contributed by atoms with Crippen molar-refractivity contribution in [2.24, 2.45) is 5.92 Å². The summed E-state index contributed by atoms with van der Waals surface area (Å²) < 4.78 is 18.8. The number of hydrogen-bond acceptors (Lipinski definition) is 4. The third kappa shape index (κ3) is 3.89. The van der Waals surface area contributed by atoms with Gasteiger partial charge in [-0.1, -0.05) is 6.07 Å². The smallest absolute Gasteiger partial charge is 0.261 e. The van der Waals surface area contributed by atoms with E-state index in [2.05, 4.69) is 10.3 Å². The fourth-order valence-electron chi connectivity index (χ4n) is 2.74. The number of aliphatic hydroxyl groups excluding tert-OH is 1. The van der Waals surface area contributed by atoms with E-state index in [4.69, 9.17) is 4.74 Å². The molecule has 6 heteroatoms. The predicted molar refractivity (Wildman–Crippen MR) is 86.0 cm³/mol. The number of carbonyl (C=O) groups is 1. The summed E-state index contributed by atoms with van der Waals surface area (Å²) in [6.07, 6.45) is 1.97. The van der Waals surface area contributed by atoms with Crippen LogP contribution < -0.4 is 10.1 Å². The van der Waals surface area contributed by atoms with Crippen molar-refractivity contribution < 1.29 is 19.0 Å². The van der Waals surface area contributed by atoms with Crippen molar-refractivity contribution in [1.29, 1.82) is 0 Å². The molecule has 0 radical (unpaired) electrons. The van der Waals surface area contributed by atoms with Gasteiger partial charge in [-0.15, -0.1) is 0 Å². The highest BCUT2D eigenvalue weighted by molar-refractivity contribution is 5.82. The number of rotatable bonds is 6. The van der Waals surface area contributed by atoms with Gasteiger partial charge in [-0.2, -0.15) is 0 Å². The lowest BCUT2D eigenvalue weighted by Gasteiger charge is -2.16. The molecule has 1 aromatic heterocycles. The molecule has 0 spiro atoms. The van der Waals surface area contributed by atoms with E-state index in [1.807, 2.05) is 18.2 Å². The van der Waals surface area contributed by atoms with Crippen molar-refractivity contribution in [2.75, 3.05) is 13.2 Å². The molecule has 126 valence electrons. The Hall–Kier alpha value is -2.47. The molecule has 0 fully saturated rings. The molecule has 0 aliphatic carbocycles. The normalized spacial score (nSPS) is 17.0. The van der Waals surface area contributed by atoms with Gasteiger partial charge in [-0.25, -0.2) is 4.39 Å². The van der Waals surface area contributed by atoms with Crippen LogP contribution in [0.3, 0.4) is 0 Å². The van der Waals surface area contributed by atoms with E-state index in [1.54, 1.807) is 6.20 Å². The van der Waals surface area contributed by atoms with Gasteiger partial charge in [0.05, 0.1) is 0 Å². The highest BCUT2D eigenvalue weighted by Gasteiger charge is 2.29. The van der Waals surface area contributed by atoms with Gasteiger partial charge in [0.1, 0.15) is 11.6 Å². The van der Waals surface area contributed by atoms with Gasteiger partial charge in [-0.3, -0.25) is 9.78 Å². The van der Waals surface area contributed by atoms with Gasteiger partial charge >= 0.3 is 0 Å². The molecule has 24 heavy (non-hydrogen) atoms. The van der Waals surface area contributed by atoms with Crippen LogP contribution >= 0.6 is 0 Å². The van der Waals surface area contributed by atoms with Crippen molar-refractivity contribution in [3.63, 3.8) is 0 Å². The van der Waals surface area contributed by atoms with Crippen molar-refractivity contribution >= 4 is 5.91 Å². The summed E-state index contributed by atoms with van der Waals surface area (Å²) in [6.45, 7) is 0.282. The summed E-state index contributed by atoms with van der Waals surface area (Å²) >= 11 is 0. The summed E-state index contributed by atoms with van der Waals surface area (Å²) in [5.74, 6) is -0.172. The first-order chi connectivity index (χ1) is 11.7. The maximum absolute atomic E-state index is 13.2. The first-order valence-electron chi connectivity index (χ1n) is 7.89. The maximum Gasteiger partial charge on any atom is 0.261 e. The average molecular weight is 330 g/mol. The second kappa shape index (κ2) is 7.40. The Morgan fingerprint density at radius 2 is 2.29 bits per heavy atom. The number of pyridine rings is 1. The third-order valence-electron chi connectivity index (χ3n) is 4.04. The number of hydrogen-bond donors (Lipinski definition) is 2. The number of ether oxygens (including phenoxy) is 1. The molecule has 1 aliphatic rings. The lowest BCUT2D eigenvalue weighted by molar-refractivity contribution is -0.127. The second-order valence-electron chi connectivity index (χ2n) is 5.88. The molecule has 0 bridgehead atoms. The second-order valence-corrected chi connectivity index (χ2v) is 5.88. The molecule has 2 aromatic rings. The Kier molecular flexibility index (Phi) is 5.05. The summed E-state index contributed by atoms with van der Waals surface area (Å²) in [4.78, 5) is 16.5. The Labute approximate surface area is 139 Å². The van der Waals surface area contributed by atoms with Gasteiger partial charge in [0.25, 0.3) is 5.91 Å². The van der Waals surface area contributed by atoms with Crippen LogP contribution in [0.5, 0.6) is 5.75 Å². The van der Waals surface area contributed by atoms with Gasteiger partial charge < -0.3 is 15.2 Å². The van der Waals surface area contributed by atoms with Crippen molar-refractivity contribution in [3.8, 4) is 5.75 Å². The fraction of sp³-hybridized carbons (Fsp3) is 0.333. The molecular weight excluding hydrogens is 311 g/mol. The zero-order valence-electron chi connectivity index (χ0n) is 13.1. The lowest BCUT2D eigenvalue weighted by Crippen LogP contribution is -2.40. The minimum absolute atomic E-state index is 0.0478. The molecule has 2 heterocycles. The molecule has 1 aromatic carbocycles. The molecule has 0 saturated carbocycles. The molecular formula is C18H19FN2O3. The van der Waals surface area contributed by atoms with Crippen molar-refractivity contribution in [1.82, 2.24) is 10.3 Å². The zero-order chi connectivity index (χ0) is 16.9. The Bertz CT molecular complexity index is 709. The number of carbonyl (C=O) groups excluding carboxylic acids is 1. The van der Waals surface area contributed by atoms with Gasteiger partial charge in [-0.05, 0) is 36.8 Å². The van der Waals surface area contributed by atoms with Crippen LogP contribution in [0.4, 0.5) is 4.39 Å². The lowest BCUT2D eigenvalue weighted by atomic mass is 10.0. The molecule has 2 unspecified atom stereocenters. The van der Waals surface area contributed by atoms with Crippen molar-refractivity contribution in [3.05, 3.63) is 59.7 Å². The highest BCUT2D eigenvalue weighted by atomic mass is 19.1. The molecule has 1 aliphatic heterocycles. The summed E-state index contributed by atoms with van der Waals surface area (Å²) in [6, 6.07) is 9.84. The first kappa shape index (κ1) is 16.4. The zero-order valence-corrected chi connectivity index (χ0v) is 13.1. The largest absolute Gasteiger partial charge is 0.480 e. The molecule has 2 N–H and O–H groups in total. The number of amides is 1. The summed E-state index contributed by atoms with van der Waals surface area (Å²) in [5, 5.41) is 12.3. The Morgan fingerprint density at radius 1 is 1.42 bits per heavy atom. The number of fused-ring (bicyclic) bond motifs is 1. The standard InChI is InChI=1S/C18H19FN2O3/c19-14-4-5-16-13(8-14)9-17(24-16)18(23)21-10-12(11-22)7-15-3-1-2-6-20-15/h1-6,8,12,17,22H,7,9-11H2,(H,21,23). The predicted octanol–water partition coefficient (Wildman–Crippen LogP) is 1.49. The van der Waals surface area contributed by atoms with E-state index in [-0.39, 0.29) is 24.2 Å². The van der Waals surface area contributed by atoms with E-state index < -0.39 is 6.10 Å². The first-order valence-corrected chi connectivity index (χ1v) is 7.89. The van der Waals surface area contributed by atoms with Crippen LogP contribution in [-0.2, 0) is 17.6 Å². The molecule has 1 amide bonds. The summed E-state index contributed by atoms with van der Waals surface area (Å²) in [5.41, 5.74) is 1.56. The van der Waals surface area contributed by atoms with Gasteiger partial charge in [0, 0.05) is 42.9 Å². The van der Waals surface area contributed by atoms with Crippen LogP contribution in [0.15, 0.2) is 42.6 Å². The van der Waals surface area contributed by atoms with E-state index in [1.165, 1.54) is 18.2 Å². The highest BCUT2D eigenvalue weighted by Crippen LogP contribution is 2.29. The number of aromatic nitrogens is 1. The molecule has 3 rings (SSSR count). The van der Waals surface area contributed by atoms with Gasteiger partial charge in [0.2, 0.25) is 0 Å². The van der Waals surface area contributed by atoms with E-state index in [0.29, 0.717) is 30.7 Å². The number of nitrogens with zero attached hydrogens (tertiary/aromatic N) is 1. The van der Waals surface area contributed by atoms with Crippen LogP contribution in [0, 0.1) is 11.7 Å². The van der Waals surface area contributed by atoms with Crippen LogP contribution in [0.1, 0.15) is 11.3 Å². The fourth-order valence-corrected chi connectivity index (χ4v) is 2.74. The molecule has 2 atom stereocenters. The molecule has 5 nitrogen and oxygen atoms in total. The van der Waals surface area contributed by atoms with E-state index in [9.17, 15) is 14.3 Å². The maximum atomic E-state index is 13.2. The number of halogens is 1. The van der Waals surface area contributed by atoms with Gasteiger partial charge in [0.15, 0.2) is 6.10 Å². The average Bonchev–Trinajstić information content (AvgIpc) is 3.02. The minimum atomic E-state index is -0.656. The minimum Gasteiger partial charge on any atom is -0.480 e.